The van der Waals surface area contributed by atoms with Crippen molar-refractivity contribution in [3.63, 3.8) is 0 Å². The van der Waals surface area contributed by atoms with Crippen molar-refractivity contribution in [3.8, 4) is 0 Å². The van der Waals surface area contributed by atoms with E-state index in [-0.39, 0.29) is 11.7 Å². The molecule has 0 aliphatic heterocycles. The van der Waals surface area contributed by atoms with Crippen LogP contribution in [0.15, 0.2) is 16.6 Å². The zero-order chi connectivity index (χ0) is 12.8. The largest absolute Gasteiger partial charge is 0.469 e. The summed E-state index contributed by atoms with van der Waals surface area (Å²) in [5.74, 6) is -0.622. The maximum absolute atomic E-state index is 13.2. The summed E-state index contributed by atoms with van der Waals surface area (Å²) in [5.41, 5.74) is 6.43. The van der Waals surface area contributed by atoms with Crippen LogP contribution in [-0.4, -0.2) is 13.1 Å². The third kappa shape index (κ3) is 4.34. The fourth-order valence-electron chi connectivity index (χ4n) is 1.48. The lowest BCUT2D eigenvalue weighted by atomic mass is 10.1. The lowest BCUT2D eigenvalue weighted by Gasteiger charge is -2.06. The van der Waals surface area contributed by atoms with Gasteiger partial charge in [0, 0.05) is 10.9 Å². The number of nitrogens with two attached hydrogens (primary N) is 1. The number of nitrogen functional groups attached to an aromatic ring is 1. The lowest BCUT2D eigenvalue weighted by Crippen LogP contribution is -2.00. The van der Waals surface area contributed by atoms with Crippen LogP contribution in [0.4, 0.5) is 10.1 Å². The van der Waals surface area contributed by atoms with E-state index in [9.17, 15) is 9.18 Å². The van der Waals surface area contributed by atoms with Crippen LogP contribution in [0.3, 0.4) is 0 Å². The van der Waals surface area contributed by atoms with Gasteiger partial charge < -0.3 is 10.5 Å². The standard InChI is InChI=1S/C12H15BrFNO2/c1-17-12(16)5-3-2-4-8-6-10(14)11(15)7-9(8)13/h6-7H,2-5,15H2,1H3. The third-order valence-electron chi connectivity index (χ3n) is 2.47. The second kappa shape index (κ2) is 6.59. The van der Waals surface area contributed by atoms with Crippen LogP contribution in [0.25, 0.3) is 0 Å². The second-order valence-electron chi connectivity index (χ2n) is 3.75. The predicted molar refractivity (Wildman–Crippen MR) is 68.1 cm³/mol. The number of unbranched alkanes of at least 4 members (excludes halogenated alkanes) is 1. The van der Waals surface area contributed by atoms with E-state index in [1.807, 2.05) is 0 Å². The fraction of sp³-hybridized carbons (Fsp3) is 0.417. The summed E-state index contributed by atoms with van der Waals surface area (Å²) < 4.78 is 18.6. The molecule has 2 N–H and O–H groups in total. The molecule has 94 valence electrons. The van der Waals surface area contributed by atoms with Crippen molar-refractivity contribution in [2.75, 3.05) is 12.8 Å². The molecule has 0 aliphatic rings. The minimum Gasteiger partial charge on any atom is -0.469 e. The summed E-state index contributed by atoms with van der Waals surface area (Å²) in [7, 11) is 1.37. The zero-order valence-corrected chi connectivity index (χ0v) is 11.2. The molecule has 0 bridgehead atoms. The van der Waals surface area contributed by atoms with E-state index in [0.717, 1.165) is 22.9 Å². The average Bonchev–Trinajstić information content (AvgIpc) is 2.30. The van der Waals surface area contributed by atoms with E-state index in [4.69, 9.17) is 5.73 Å². The fourth-order valence-corrected chi connectivity index (χ4v) is 2.04. The Morgan fingerprint density at radius 2 is 2.18 bits per heavy atom. The summed E-state index contributed by atoms with van der Waals surface area (Å²) in [6, 6.07) is 2.99. The number of ether oxygens (including phenoxy) is 1. The first-order chi connectivity index (χ1) is 8.04. The molecule has 0 atom stereocenters. The Labute approximate surface area is 108 Å². The van der Waals surface area contributed by atoms with E-state index in [1.165, 1.54) is 13.2 Å². The Morgan fingerprint density at radius 1 is 1.47 bits per heavy atom. The van der Waals surface area contributed by atoms with Crippen molar-refractivity contribution in [1.82, 2.24) is 0 Å². The molecule has 1 aromatic carbocycles. The topological polar surface area (TPSA) is 52.3 Å². The van der Waals surface area contributed by atoms with E-state index in [2.05, 4.69) is 20.7 Å². The Balaban J connectivity index is 2.47. The predicted octanol–water partition coefficient (Wildman–Crippen LogP) is 3.06. The van der Waals surface area contributed by atoms with Gasteiger partial charge in [-0.15, -0.1) is 0 Å². The Morgan fingerprint density at radius 3 is 2.82 bits per heavy atom. The number of hydrogen-bond donors (Lipinski definition) is 1. The molecule has 5 heteroatoms. The Hall–Kier alpha value is -1.10. The number of carbonyl (C=O) groups is 1. The molecule has 0 fully saturated rings. The van der Waals surface area contributed by atoms with Crippen LogP contribution in [-0.2, 0) is 16.0 Å². The van der Waals surface area contributed by atoms with E-state index in [0.29, 0.717) is 12.8 Å². The summed E-state index contributed by atoms with van der Waals surface area (Å²) >= 11 is 3.34. The molecular weight excluding hydrogens is 289 g/mol. The highest BCUT2D eigenvalue weighted by Gasteiger charge is 2.06. The summed E-state index contributed by atoms with van der Waals surface area (Å²) in [6.07, 6.45) is 2.63. The smallest absolute Gasteiger partial charge is 0.305 e. The van der Waals surface area contributed by atoms with Crippen LogP contribution < -0.4 is 5.73 Å². The molecule has 17 heavy (non-hydrogen) atoms. The zero-order valence-electron chi connectivity index (χ0n) is 9.63. The van der Waals surface area contributed by atoms with Gasteiger partial charge in [-0.25, -0.2) is 4.39 Å². The molecule has 0 saturated carbocycles. The van der Waals surface area contributed by atoms with E-state index in [1.54, 1.807) is 6.07 Å². The van der Waals surface area contributed by atoms with Crippen molar-refractivity contribution in [3.05, 3.63) is 28.0 Å². The molecule has 0 heterocycles. The molecule has 0 radical (unpaired) electrons. The molecule has 1 aromatic rings. The summed E-state index contributed by atoms with van der Waals surface area (Å²) in [5, 5.41) is 0. The molecule has 3 nitrogen and oxygen atoms in total. The third-order valence-corrected chi connectivity index (χ3v) is 3.21. The van der Waals surface area contributed by atoms with Gasteiger partial charge in [0.15, 0.2) is 0 Å². The number of hydrogen-bond acceptors (Lipinski definition) is 3. The minimum atomic E-state index is -0.406. The second-order valence-corrected chi connectivity index (χ2v) is 4.60. The number of methoxy groups -OCH3 is 1. The molecule has 0 amide bonds. The van der Waals surface area contributed by atoms with Gasteiger partial charge in [-0.2, -0.15) is 0 Å². The first-order valence-electron chi connectivity index (χ1n) is 5.34. The number of anilines is 1. The van der Waals surface area contributed by atoms with Gasteiger partial charge in [0.05, 0.1) is 12.8 Å². The summed E-state index contributed by atoms with van der Waals surface area (Å²) in [6.45, 7) is 0. The summed E-state index contributed by atoms with van der Waals surface area (Å²) in [4.78, 5) is 10.9. The minimum absolute atomic E-state index is 0.134. The van der Waals surface area contributed by atoms with Gasteiger partial charge in [0.2, 0.25) is 0 Å². The number of rotatable bonds is 5. The van der Waals surface area contributed by atoms with Crippen LogP contribution >= 0.6 is 15.9 Å². The molecule has 0 aromatic heterocycles. The number of carbonyl (C=O) groups excluding carboxylic acids is 1. The van der Waals surface area contributed by atoms with Gasteiger partial charge in [-0.1, -0.05) is 15.9 Å². The van der Waals surface area contributed by atoms with Gasteiger partial charge in [-0.05, 0) is 37.0 Å². The van der Waals surface area contributed by atoms with Gasteiger partial charge in [-0.3, -0.25) is 4.79 Å². The van der Waals surface area contributed by atoms with Gasteiger partial charge >= 0.3 is 5.97 Å². The van der Waals surface area contributed by atoms with E-state index < -0.39 is 5.82 Å². The number of halogens is 2. The molecule has 0 spiro atoms. The van der Waals surface area contributed by atoms with Crippen molar-refractivity contribution >= 4 is 27.6 Å². The van der Waals surface area contributed by atoms with Crippen LogP contribution in [0.5, 0.6) is 0 Å². The monoisotopic (exact) mass is 303 g/mol. The number of benzene rings is 1. The highest BCUT2D eigenvalue weighted by Crippen LogP contribution is 2.24. The van der Waals surface area contributed by atoms with Gasteiger partial charge in [0.1, 0.15) is 5.82 Å². The highest BCUT2D eigenvalue weighted by atomic mass is 79.9. The average molecular weight is 304 g/mol. The quantitative estimate of drug-likeness (QED) is 0.517. The maximum Gasteiger partial charge on any atom is 0.305 e. The van der Waals surface area contributed by atoms with Gasteiger partial charge in [0.25, 0.3) is 0 Å². The number of aryl methyl sites for hydroxylation is 1. The molecule has 0 unspecified atom stereocenters. The SMILES string of the molecule is COC(=O)CCCCc1cc(F)c(N)cc1Br. The Bertz CT molecular complexity index is 410. The van der Waals surface area contributed by atoms with Crippen molar-refractivity contribution < 1.29 is 13.9 Å². The van der Waals surface area contributed by atoms with Crippen molar-refractivity contribution in [1.29, 1.82) is 0 Å². The van der Waals surface area contributed by atoms with Crippen LogP contribution in [0.1, 0.15) is 24.8 Å². The van der Waals surface area contributed by atoms with Crippen molar-refractivity contribution in [2.45, 2.75) is 25.7 Å². The molecule has 1 rings (SSSR count). The van der Waals surface area contributed by atoms with Crippen LogP contribution in [0, 0.1) is 5.82 Å². The normalized spacial score (nSPS) is 10.3. The molecule has 0 saturated heterocycles. The Kier molecular flexibility index (Phi) is 5.41. The highest BCUT2D eigenvalue weighted by molar-refractivity contribution is 9.10. The molecule has 0 aliphatic carbocycles. The van der Waals surface area contributed by atoms with Crippen molar-refractivity contribution in [2.24, 2.45) is 0 Å². The van der Waals surface area contributed by atoms with E-state index >= 15 is 0 Å². The molecular formula is C12H15BrFNO2. The first-order valence-corrected chi connectivity index (χ1v) is 6.14. The number of esters is 1. The maximum atomic E-state index is 13.2. The lowest BCUT2D eigenvalue weighted by molar-refractivity contribution is -0.140. The van der Waals surface area contributed by atoms with Crippen LogP contribution in [0.2, 0.25) is 0 Å². The first kappa shape index (κ1) is 14.0.